The molecule has 0 aromatic rings. The normalized spacial score (nSPS) is 49.6. The maximum Gasteiger partial charge on any atom is 0.0500 e. The smallest absolute Gasteiger partial charge is 0.0500 e. The van der Waals surface area contributed by atoms with Crippen LogP contribution in [0.5, 0.6) is 0 Å². The SMILES string of the molecule is C1=C[C@@H]2C[C@H]1C[C@H]2COC[C@@H]1C[C@H]2C=C[C@@H]1C2. The fourth-order valence-electron chi connectivity index (χ4n) is 4.54. The molecule has 4 bridgehead atoms. The molecule has 6 atom stereocenters. The first-order valence-corrected chi connectivity index (χ1v) is 7.33. The molecule has 0 aliphatic heterocycles. The molecule has 0 amide bonds. The molecule has 0 N–H and O–H groups in total. The summed E-state index contributed by atoms with van der Waals surface area (Å²) in [7, 11) is 0. The fraction of sp³-hybridized carbons (Fsp3) is 0.750. The third-order valence-electron chi connectivity index (χ3n) is 5.50. The minimum Gasteiger partial charge on any atom is -0.381 e. The molecule has 1 heteroatoms. The van der Waals surface area contributed by atoms with E-state index in [0.29, 0.717) is 0 Å². The van der Waals surface area contributed by atoms with E-state index in [9.17, 15) is 0 Å². The van der Waals surface area contributed by atoms with Crippen molar-refractivity contribution < 1.29 is 4.74 Å². The largest absolute Gasteiger partial charge is 0.381 e. The summed E-state index contributed by atoms with van der Waals surface area (Å²) >= 11 is 0. The van der Waals surface area contributed by atoms with Gasteiger partial charge in [0, 0.05) is 13.2 Å². The Kier molecular flexibility index (Phi) is 2.43. The predicted molar refractivity (Wildman–Crippen MR) is 68.5 cm³/mol. The first-order valence-electron chi connectivity index (χ1n) is 7.33. The van der Waals surface area contributed by atoms with Gasteiger partial charge >= 0.3 is 0 Å². The topological polar surface area (TPSA) is 9.23 Å². The number of hydrogen-bond acceptors (Lipinski definition) is 1. The van der Waals surface area contributed by atoms with Gasteiger partial charge in [0.2, 0.25) is 0 Å². The molecule has 0 radical (unpaired) electrons. The van der Waals surface area contributed by atoms with Gasteiger partial charge in [-0.25, -0.2) is 0 Å². The second-order valence-corrected chi connectivity index (χ2v) is 6.62. The number of hydrogen-bond donors (Lipinski definition) is 0. The molecular formula is C16H22O. The van der Waals surface area contributed by atoms with Gasteiger partial charge in [-0.05, 0) is 61.2 Å². The van der Waals surface area contributed by atoms with Crippen LogP contribution in [0, 0.1) is 35.5 Å². The molecule has 0 aromatic heterocycles. The summed E-state index contributed by atoms with van der Waals surface area (Å²) in [5, 5.41) is 0. The summed E-state index contributed by atoms with van der Waals surface area (Å²) in [4.78, 5) is 0. The van der Waals surface area contributed by atoms with E-state index in [-0.39, 0.29) is 0 Å². The summed E-state index contributed by atoms with van der Waals surface area (Å²) in [5.41, 5.74) is 0. The van der Waals surface area contributed by atoms with Gasteiger partial charge in [-0.1, -0.05) is 24.3 Å². The average Bonchev–Trinajstić information content (AvgIpc) is 3.09. The second-order valence-electron chi connectivity index (χ2n) is 6.62. The molecule has 0 spiro atoms. The van der Waals surface area contributed by atoms with Crippen LogP contribution >= 0.6 is 0 Å². The first kappa shape index (κ1) is 10.4. The molecule has 1 nitrogen and oxygen atoms in total. The highest BCUT2D eigenvalue weighted by atomic mass is 16.5. The minimum atomic E-state index is 0.833. The molecule has 17 heavy (non-hydrogen) atoms. The minimum absolute atomic E-state index is 0.833. The van der Waals surface area contributed by atoms with Gasteiger partial charge in [0.05, 0.1) is 0 Å². The van der Waals surface area contributed by atoms with Crippen LogP contribution in [-0.4, -0.2) is 13.2 Å². The second kappa shape index (κ2) is 3.98. The monoisotopic (exact) mass is 230 g/mol. The van der Waals surface area contributed by atoms with Crippen LogP contribution < -0.4 is 0 Å². The summed E-state index contributed by atoms with van der Waals surface area (Å²) < 4.78 is 6.04. The summed E-state index contributed by atoms with van der Waals surface area (Å²) in [5.74, 6) is 5.14. The average molecular weight is 230 g/mol. The number of allylic oxidation sites excluding steroid dienone is 4. The van der Waals surface area contributed by atoms with E-state index >= 15 is 0 Å². The van der Waals surface area contributed by atoms with E-state index in [0.717, 1.165) is 48.7 Å². The van der Waals surface area contributed by atoms with Crippen molar-refractivity contribution in [2.24, 2.45) is 35.5 Å². The van der Waals surface area contributed by atoms with Crippen LogP contribution in [0.25, 0.3) is 0 Å². The lowest BCUT2D eigenvalue weighted by Gasteiger charge is -2.22. The van der Waals surface area contributed by atoms with Crippen LogP contribution in [0.4, 0.5) is 0 Å². The van der Waals surface area contributed by atoms with Gasteiger partial charge in [-0.15, -0.1) is 0 Å². The summed E-state index contributed by atoms with van der Waals surface area (Å²) in [6.07, 6.45) is 15.3. The van der Waals surface area contributed by atoms with Gasteiger partial charge in [0.1, 0.15) is 0 Å². The Morgan fingerprint density at radius 2 is 1.24 bits per heavy atom. The molecule has 2 saturated carbocycles. The molecule has 0 saturated heterocycles. The maximum atomic E-state index is 6.04. The van der Waals surface area contributed by atoms with E-state index in [2.05, 4.69) is 24.3 Å². The lowest BCUT2D eigenvalue weighted by Crippen LogP contribution is -2.20. The van der Waals surface area contributed by atoms with Gasteiger partial charge < -0.3 is 4.74 Å². The highest BCUT2D eigenvalue weighted by Crippen LogP contribution is 2.45. The summed E-state index contributed by atoms with van der Waals surface area (Å²) in [6, 6.07) is 0. The molecule has 4 rings (SSSR count). The standard InChI is InChI=1S/C16H22O/c1-3-13-5-11(1)7-15(13)9-17-10-16-8-12-2-4-14(16)6-12/h1-4,11-16H,5-10H2/t11-,12-,13+,14+,15-,16-/m0/s1. The lowest BCUT2D eigenvalue weighted by atomic mass is 9.93. The Labute approximate surface area is 104 Å². The third-order valence-corrected chi connectivity index (χ3v) is 5.50. The van der Waals surface area contributed by atoms with Crippen LogP contribution in [0.1, 0.15) is 25.7 Å². The molecule has 4 aliphatic carbocycles. The van der Waals surface area contributed by atoms with Crippen molar-refractivity contribution in [3.05, 3.63) is 24.3 Å². The Hall–Kier alpha value is -0.560. The van der Waals surface area contributed by atoms with E-state index in [1.165, 1.54) is 25.7 Å². The molecule has 4 aliphatic rings. The van der Waals surface area contributed by atoms with E-state index in [1.54, 1.807) is 0 Å². The Bertz CT molecular complexity index is 323. The van der Waals surface area contributed by atoms with Gasteiger partial charge in [0.25, 0.3) is 0 Å². The maximum absolute atomic E-state index is 6.04. The van der Waals surface area contributed by atoms with Gasteiger partial charge in [0.15, 0.2) is 0 Å². The van der Waals surface area contributed by atoms with Crippen LogP contribution in [0.15, 0.2) is 24.3 Å². The molecule has 0 heterocycles. The zero-order valence-corrected chi connectivity index (χ0v) is 10.4. The number of fused-ring (bicyclic) bond motifs is 4. The van der Waals surface area contributed by atoms with Gasteiger partial charge in [-0.2, -0.15) is 0 Å². The van der Waals surface area contributed by atoms with Crippen LogP contribution in [0.3, 0.4) is 0 Å². The predicted octanol–water partition coefficient (Wildman–Crippen LogP) is 3.43. The highest BCUT2D eigenvalue weighted by Gasteiger charge is 2.37. The summed E-state index contributed by atoms with van der Waals surface area (Å²) in [6.45, 7) is 2.03. The number of ether oxygens (including phenoxy) is 1. The highest BCUT2D eigenvalue weighted by molar-refractivity contribution is 5.11. The van der Waals surface area contributed by atoms with Crippen LogP contribution in [0.2, 0.25) is 0 Å². The van der Waals surface area contributed by atoms with Crippen molar-refractivity contribution >= 4 is 0 Å². The van der Waals surface area contributed by atoms with Crippen molar-refractivity contribution in [2.75, 3.05) is 13.2 Å². The quantitative estimate of drug-likeness (QED) is 0.672. The first-order chi connectivity index (χ1) is 8.38. The Morgan fingerprint density at radius 1 is 0.706 bits per heavy atom. The molecule has 92 valence electrons. The van der Waals surface area contributed by atoms with E-state index in [1.807, 2.05) is 0 Å². The van der Waals surface area contributed by atoms with Crippen molar-refractivity contribution in [2.45, 2.75) is 25.7 Å². The number of rotatable bonds is 4. The lowest BCUT2D eigenvalue weighted by molar-refractivity contribution is 0.0579. The molecular weight excluding hydrogens is 208 g/mol. The van der Waals surface area contributed by atoms with Crippen molar-refractivity contribution in [3.63, 3.8) is 0 Å². The van der Waals surface area contributed by atoms with Crippen molar-refractivity contribution in [3.8, 4) is 0 Å². The molecule has 0 aromatic carbocycles. The van der Waals surface area contributed by atoms with Crippen LogP contribution in [-0.2, 0) is 4.74 Å². The van der Waals surface area contributed by atoms with Crippen molar-refractivity contribution in [1.29, 1.82) is 0 Å². The zero-order chi connectivity index (χ0) is 11.2. The molecule has 0 unspecified atom stereocenters. The molecule has 2 fully saturated rings. The zero-order valence-electron chi connectivity index (χ0n) is 10.4. The van der Waals surface area contributed by atoms with Gasteiger partial charge in [-0.3, -0.25) is 0 Å². The third kappa shape index (κ3) is 1.79. The fourth-order valence-corrected chi connectivity index (χ4v) is 4.54. The van der Waals surface area contributed by atoms with E-state index < -0.39 is 0 Å². The van der Waals surface area contributed by atoms with Crippen molar-refractivity contribution in [1.82, 2.24) is 0 Å². The van der Waals surface area contributed by atoms with E-state index in [4.69, 9.17) is 4.74 Å². The Morgan fingerprint density at radius 3 is 1.59 bits per heavy atom. The Balaban J connectivity index is 1.24.